The Morgan fingerprint density at radius 1 is 1.13 bits per heavy atom. The van der Waals surface area contributed by atoms with Crippen LogP contribution in [0.25, 0.3) is 0 Å². The molecular formula is C21H25F3IN5. The van der Waals surface area contributed by atoms with Gasteiger partial charge in [0.25, 0.3) is 0 Å². The molecule has 2 N–H and O–H groups in total. The number of rotatable bonds is 5. The van der Waals surface area contributed by atoms with E-state index in [4.69, 9.17) is 0 Å². The Morgan fingerprint density at radius 3 is 2.57 bits per heavy atom. The lowest BCUT2D eigenvalue weighted by atomic mass is 10.1. The van der Waals surface area contributed by atoms with Crippen molar-refractivity contribution in [3.63, 3.8) is 0 Å². The first kappa shape index (κ1) is 22.6. The van der Waals surface area contributed by atoms with Crippen LogP contribution in [0.15, 0.2) is 41.5 Å². The molecule has 162 valence electrons. The van der Waals surface area contributed by atoms with Crippen LogP contribution in [0.2, 0.25) is 0 Å². The molecule has 2 fully saturated rings. The van der Waals surface area contributed by atoms with Crippen LogP contribution in [0.5, 0.6) is 0 Å². The molecule has 30 heavy (non-hydrogen) atoms. The Morgan fingerprint density at radius 2 is 1.87 bits per heavy atom. The number of nitrogens with zero attached hydrogens (tertiary/aromatic N) is 3. The number of aromatic nitrogens is 1. The van der Waals surface area contributed by atoms with Crippen LogP contribution in [0.3, 0.4) is 0 Å². The molecule has 1 aromatic carbocycles. The maximum absolute atomic E-state index is 14.0. The fourth-order valence-corrected chi connectivity index (χ4v) is 3.88. The highest BCUT2D eigenvalue weighted by Crippen LogP contribution is 2.43. The van der Waals surface area contributed by atoms with Crippen molar-refractivity contribution in [3.05, 3.63) is 59.5 Å². The van der Waals surface area contributed by atoms with Crippen molar-refractivity contribution in [2.45, 2.75) is 37.8 Å². The summed E-state index contributed by atoms with van der Waals surface area (Å²) in [4.78, 5) is 10.5. The molecule has 3 atom stereocenters. The third kappa shape index (κ3) is 4.98. The number of aliphatic imine (C=N–C) groups is 1. The molecule has 4 rings (SSSR count). The van der Waals surface area contributed by atoms with Crippen molar-refractivity contribution < 1.29 is 13.2 Å². The van der Waals surface area contributed by atoms with Gasteiger partial charge in [0.15, 0.2) is 17.6 Å². The molecule has 2 heterocycles. The number of benzene rings is 1. The predicted octanol–water partition coefficient (Wildman–Crippen LogP) is 3.81. The van der Waals surface area contributed by atoms with Gasteiger partial charge in [0, 0.05) is 49.4 Å². The molecule has 1 aliphatic carbocycles. The highest BCUT2D eigenvalue weighted by atomic mass is 127. The molecule has 0 bridgehead atoms. The summed E-state index contributed by atoms with van der Waals surface area (Å²) in [5.74, 6) is -0.583. The van der Waals surface area contributed by atoms with E-state index >= 15 is 0 Å². The summed E-state index contributed by atoms with van der Waals surface area (Å²) in [6.45, 7) is 3.80. The van der Waals surface area contributed by atoms with Crippen molar-refractivity contribution in [1.82, 2.24) is 15.6 Å². The molecule has 0 amide bonds. The number of nitrogens with one attached hydrogen (secondary N) is 2. The van der Waals surface area contributed by atoms with Gasteiger partial charge in [-0.05, 0) is 44.0 Å². The summed E-state index contributed by atoms with van der Waals surface area (Å²) in [7, 11) is 0. The van der Waals surface area contributed by atoms with E-state index in [0.717, 1.165) is 6.42 Å². The molecule has 2 aromatic rings. The molecule has 9 heteroatoms. The van der Waals surface area contributed by atoms with Gasteiger partial charge in [-0.2, -0.15) is 0 Å². The van der Waals surface area contributed by atoms with E-state index in [1.54, 1.807) is 12.3 Å². The Kier molecular flexibility index (Phi) is 7.43. The van der Waals surface area contributed by atoms with Crippen LogP contribution in [-0.4, -0.2) is 42.7 Å². The molecule has 1 aromatic heterocycles. The molecule has 5 nitrogen and oxygen atoms in total. The highest BCUT2D eigenvalue weighted by molar-refractivity contribution is 14.0. The van der Waals surface area contributed by atoms with Crippen LogP contribution in [-0.2, 0) is 0 Å². The normalized spacial score (nSPS) is 23.1. The van der Waals surface area contributed by atoms with Gasteiger partial charge in [0.05, 0.1) is 0 Å². The molecule has 1 aliphatic heterocycles. The SMILES string of the molecule is CCN=C(NC1CCN(c2ncccc2F)C1)NC1CC1c1c(F)cccc1F.I. The van der Waals surface area contributed by atoms with Crippen molar-refractivity contribution in [1.29, 1.82) is 0 Å². The number of anilines is 1. The zero-order valence-electron chi connectivity index (χ0n) is 16.6. The van der Waals surface area contributed by atoms with Gasteiger partial charge in [0.1, 0.15) is 11.6 Å². The maximum atomic E-state index is 14.0. The van der Waals surface area contributed by atoms with Gasteiger partial charge >= 0.3 is 0 Å². The first-order valence-corrected chi connectivity index (χ1v) is 9.93. The van der Waals surface area contributed by atoms with E-state index in [2.05, 4.69) is 20.6 Å². The lowest BCUT2D eigenvalue weighted by Gasteiger charge is -2.20. The Balaban J connectivity index is 0.00000256. The number of hydrogen-bond donors (Lipinski definition) is 2. The third-order valence-corrected chi connectivity index (χ3v) is 5.37. The van der Waals surface area contributed by atoms with Gasteiger partial charge in [-0.3, -0.25) is 4.99 Å². The van der Waals surface area contributed by atoms with Gasteiger partial charge in [-0.25, -0.2) is 18.2 Å². The second-order valence-electron chi connectivity index (χ2n) is 7.44. The first-order valence-electron chi connectivity index (χ1n) is 9.93. The van der Waals surface area contributed by atoms with Gasteiger partial charge in [-0.15, -0.1) is 24.0 Å². The summed E-state index contributed by atoms with van der Waals surface area (Å²) in [5.41, 5.74) is 0.138. The minimum absolute atomic E-state index is 0. The molecule has 1 saturated carbocycles. The van der Waals surface area contributed by atoms with Crippen LogP contribution in [0.4, 0.5) is 19.0 Å². The van der Waals surface area contributed by atoms with Crippen molar-refractivity contribution in [2.75, 3.05) is 24.5 Å². The van der Waals surface area contributed by atoms with Gasteiger partial charge in [0.2, 0.25) is 0 Å². The van der Waals surface area contributed by atoms with E-state index in [1.165, 1.54) is 24.3 Å². The van der Waals surface area contributed by atoms with Crippen LogP contribution in [0.1, 0.15) is 31.2 Å². The quantitative estimate of drug-likeness (QED) is 0.350. The first-order chi connectivity index (χ1) is 14.1. The summed E-state index contributed by atoms with van der Waals surface area (Å²) in [5, 5.41) is 6.65. The molecule has 0 spiro atoms. The Labute approximate surface area is 191 Å². The highest BCUT2D eigenvalue weighted by Gasteiger charge is 2.42. The average Bonchev–Trinajstić information content (AvgIpc) is 3.27. The monoisotopic (exact) mass is 531 g/mol. The fraction of sp³-hybridized carbons (Fsp3) is 0.429. The minimum Gasteiger partial charge on any atom is -0.353 e. The van der Waals surface area contributed by atoms with Crippen LogP contribution < -0.4 is 15.5 Å². The van der Waals surface area contributed by atoms with E-state index in [1.807, 2.05) is 11.8 Å². The molecule has 0 radical (unpaired) electrons. The summed E-state index contributed by atoms with van der Waals surface area (Å²) in [6, 6.07) is 6.95. The number of halogens is 4. The smallest absolute Gasteiger partial charge is 0.191 e. The van der Waals surface area contributed by atoms with E-state index in [-0.39, 0.29) is 53.4 Å². The topological polar surface area (TPSA) is 52.6 Å². The summed E-state index contributed by atoms with van der Waals surface area (Å²) in [6.07, 6.45) is 3.05. The molecular weight excluding hydrogens is 506 g/mol. The summed E-state index contributed by atoms with van der Waals surface area (Å²) < 4.78 is 42.0. The number of pyridine rings is 1. The largest absolute Gasteiger partial charge is 0.353 e. The minimum atomic E-state index is -0.509. The molecule has 1 saturated heterocycles. The Hall–Kier alpha value is -2.04. The number of hydrogen-bond acceptors (Lipinski definition) is 3. The fourth-order valence-electron chi connectivity index (χ4n) is 3.88. The van der Waals surface area contributed by atoms with Crippen molar-refractivity contribution >= 4 is 35.8 Å². The summed E-state index contributed by atoms with van der Waals surface area (Å²) >= 11 is 0. The van der Waals surface area contributed by atoms with E-state index in [9.17, 15) is 13.2 Å². The lowest BCUT2D eigenvalue weighted by Crippen LogP contribution is -2.46. The van der Waals surface area contributed by atoms with Crippen molar-refractivity contribution in [3.8, 4) is 0 Å². The number of guanidine groups is 1. The van der Waals surface area contributed by atoms with Crippen LogP contribution in [0, 0.1) is 17.5 Å². The van der Waals surface area contributed by atoms with Gasteiger partial charge < -0.3 is 15.5 Å². The predicted molar refractivity (Wildman–Crippen MR) is 122 cm³/mol. The third-order valence-electron chi connectivity index (χ3n) is 5.37. The zero-order chi connectivity index (χ0) is 20.4. The Bertz CT molecular complexity index is 890. The van der Waals surface area contributed by atoms with Crippen molar-refractivity contribution in [2.24, 2.45) is 4.99 Å². The standard InChI is InChI=1S/C21H24F3N5.HI/c1-2-25-21(28-18-11-14(18)19-15(22)5-3-6-16(19)23)27-13-8-10-29(12-13)20-17(24)7-4-9-26-20;/h3-7,9,13-14,18H,2,8,10-12H2,1H3,(H2,25,27,28);1H. The molecule has 3 unspecified atom stereocenters. The van der Waals surface area contributed by atoms with Gasteiger partial charge in [-0.1, -0.05) is 6.07 Å². The van der Waals surface area contributed by atoms with E-state index in [0.29, 0.717) is 37.8 Å². The second kappa shape index (κ2) is 9.84. The van der Waals surface area contributed by atoms with Crippen LogP contribution >= 0.6 is 24.0 Å². The maximum Gasteiger partial charge on any atom is 0.191 e. The lowest BCUT2D eigenvalue weighted by molar-refractivity contribution is 0.553. The van der Waals surface area contributed by atoms with E-state index < -0.39 is 11.6 Å². The average molecular weight is 531 g/mol. The zero-order valence-corrected chi connectivity index (χ0v) is 18.9. The molecule has 2 aliphatic rings. The second-order valence-corrected chi connectivity index (χ2v) is 7.44.